The number of para-hydroxylation sites is 3. The van der Waals surface area contributed by atoms with Crippen molar-refractivity contribution in [3.8, 4) is 0 Å². The molecule has 0 spiro atoms. The summed E-state index contributed by atoms with van der Waals surface area (Å²) in [5, 5.41) is 14.1. The Morgan fingerprint density at radius 3 is 1.55 bits per heavy atom. The number of aryl methyl sites for hydroxylation is 2. The van der Waals surface area contributed by atoms with Gasteiger partial charge in [-0.1, -0.05) is 140 Å². The third-order valence-corrected chi connectivity index (χ3v) is 8.58. The van der Waals surface area contributed by atoms with Crippen molar-refractivity contribution in [3.63, 3.8) is 0 Å². The second-order valence-corrected chi connectivity index (χ2v) is 12.3. The zero-order valence-corrected chi connectivity index (χ0v) is 28.3. The van der Waals surface area contributed by atoms with Crippen molar-refractivity contribution >= 4 is 28.5 Å². The molecule has 6 aromatic rings. The van der Waals surface area contributed by atoms with E-state index in [2.05, 4.69) is 145 Å². The van der Waals surface area contributed by atoms with E-state index in [9.17, 15) is 0 Å². The highest BCUT2D eigenvalue weighted by Gasteiger charge is 2.16. The molecular formula is C45H44N4. The number of benzene rings is 6. The van der Waals surface area contributed by atoms with Crippen molar-refractivity contribution in [2.75, 3.05) is 10.0 Å². The summed E-state index contributed by atoms with van der Waals surface area (Å²) in [4.78, 5) is 0. The van der Waals surface area contributed by atoms with Gasteiger partial charge in [0.25, 0.3) is 0 Å². The lowest BCUT2D eigenvalue weighted by atomic mass is 9.90. The molecule has 0 bridgehead atoms. The number of hydrogen-bond donors (Lipinski definition) is 0. The fourth-order valence-corrected chi connectivity index (χ4v) is 5.95. The van der Waals surface area contributed by atoms with Crippen LogP contribution in [0.15, 0.2) is 186 Å². The molecule has 0 unspecified atom stereocenters. The predicted octanol–water partition coefficient (Wildman–Crippen LogP) is 11.1. The number of rotatable bonds is 10. The Hall–Kier alpha value is -5.74. The normalized spacial score (nSPS) is 13.2. The van der Waals surface area contributed by atoms with Crippen LogP contribution in [0.4, 0.5) is 17.1 Å². The van der Waals surface area contributed by atoms with Gasteiger partial charge in [-0.2, -0.15) is 10.2 Å². The van der Waals surface area contributed by atoms with E-state index in [0.717, 1.165) is 61.4 Å². The van der Waals surface area contributed by atoms with Crippen molar-refractivity contribution in [2.24, 2.45) is 10.2 Å². The fraction of sp³-hybridized carbons (Fsp3) is 0.156. The maximum atomic E-state index is 5.05. The summed E-state index contributed by atoms with van der Waals surface area (Å²) >= 11 is 0. The summed E-state index contributed by atoms with van der Waals surface area (Å²) in [5.74, 6) is 0. The first-order chi connectivity index (χ1) is 24.2. The first-order valence-corrected chi connectivity index (χ1v) is 17.2. The van der Waals surface area contributed by atoms with Crippen LogP contribution in [0.25, 0.3) is 0 Å². The first-order valence-electron chi connectivity index (χ1n) is 17.2. The van der Waals surface area contributed by atoms with Gasteiger partial charge in [0.1, 0.15) is 0 Å². The SMILES string of the molecule is CC(CCc1ccccc1)=NN(c1ccccc1)c1ccccc1.c1ccc(CN(N=C2CCc3ccccc3C2)c2ccccc2)cc1. The Labute approximate surface area is 291 Å². The van der Waals surface area contributed by atoms with Crippen LogP contribution in [0.2, 0.25) is 0 Å². The summed E-state index contributed by atoms with van der Waals surface area (Å²) in [6.07, 6.45) is 5.03. The highest BCUT2D eigenvalue weighted by molar-refractivity contribution is 5.89. The Morgan fingerprint density at radius 2 is 0.980 bits per heavy atom. The molecule has 1 aliphatic rings. The van der Waals surface area contributed by atoms with Gasteiger partial charge in [-0.05, 0) is 91.3 Å². The fourth-order valence-electron chi connectivity index (χ4n) is 5.95. The van der Waals surface area contributed by atoms with Crippen molar-refractivity contribution in [2.45, 2.75) is 45.6 Å². The number of anilines is 3. The molecule has 0 saturated carbocycles. The molecule has 0 fully saturated rings. The van der Waals surface area contributed by atoms with E-state index in [0.29, 0.717) is 0 Å². The highest BCUT2D eigenvalue weighted by Crippen LogP contribution is 2.26. The molecule has 0 atom stereocenters. The molecule has 0 amide bonds. The molecule has 49 heavy (non-hydrogen) atoms. The predicted molar refractivity (Wildman–Crippen MR) is 208 cm³/mol. The van der Waals surface area contributed by atoms with Crippen LogP contribution < -0.4 is 10.0 Å². The molecule has 0 saturated heterocycles. The summed E-state index contributed by atoms with van der Waals surface area (Å²) in [6, 6.07) is 60.8. The molecule has 0 aliphatic heterocycles. The van der Waals surface area contributed by atoms with Gasteiger partial charge in [0.2, 0.25) is 0 Å². The monoisotopic (exact) mass is 640 g/mol. The minimum absolute atomic E-state index is 0.788. The van der Waals surface area contributed by atoms with E-state index in [1.165, 1.54) is 28.0 Å². The maximum absolute atomic E-state index is 5.05. The van der Waals surface area contributed by atoms with Crippen molar-refractivity contribution in [3.05, 3.63) is 198 Å². The van der Waals surface area contributed by atoms with Gasteiger partial charge < -0.3 is 0 Å². The van der Waals surface area contributed by atoms with Crippen molar-refractivity contribution in [1.29, 1.82) is 0 Å². The number of hydrazone groups is 2. The van der Waals surface area contributed by atoms with Crippen LogP contribution >= 0.6 is 0 Å². The Balaban J connectivity index is 0.000000170. The zero-order chi connectivity index (χ0) is 33.5. The summed E-state index contributed by atoms with van der Waals surface area (Å²) in [6.45, 7) is 2.89. The first kappa shape index (κ1) is 33.2. The third-order valence-electron chi connectivity index (χ3n) is 8.58. The van der Waals surface area contributed by atoms with Crippen molar-refractivity contribution in [1.82, 2.24) is 0 Å². The van der Waals surface area contributed by atoms with Crippen LogP contribution in [-0.4, -0.2) is 11.4 Å². The standard InChI is InChI=1S/C23H22N2.C22H22N2/c1-3-9-19(10-4-1)18-25(23-13-5-2-6-14-23)24-22-16-15-20-11-7-8-12-21(20)17-22;1-19(17-18-20-11-5-2-6-12-20)23-24(21-13-7-3-8-14-21)22-15-9-4-10-16-22/h1-14H,15-18H2;2-16H,17-18H2,1H3. The second-order valence-electron chi connectivity index (χ2n) is 12.3. The molecule has 0 aromatic heterocycles. The lowest BCUT2D eigenvalue weighted by Crippen LogP contribution is -2.22. The lowest BCUT2D eigenvalue weighted by molar-refractivity contribution is 0.830. The average molecular weight is 641 g/mol. The topological polar surface area (TPSA) is 31.2 Å². The van der Waals surface area contributed by atoms with Gasteiger partial charge in [-0.25, -0.2) is 5.01 Å². The Morgan fingerprint density at radius 1 is 0.510 bits per heavy atom. The van der Waals surface area contributed by atoms with Crippen LogP contribution in [0.1, 0.15) is 42.0 Å². The smallest absolute Gasteiger partial charge is 0.0666 e. The molecule has 7 rings (SSSR count). The number of hydrogen-bond acceptors (Lipinski definition) is 4. The zero-order valence-electron chi connectivity index (χ0n) is 28.3. The Bertz CT molecular complexity index is 1870. The molecular weight excluding hydrogens is 597 g/mol. The van der Waals surface area contributed by atoms with E-state index in [1.54, 1.807) is 0 Å². The number of nitrogens with zero attached hydrogens (tertiary/aromatic N) is 4. The molecule has 1 aliphatic carbocycles. The minimum Gasteiger partial charge on any atom is -0.261 e. The van der Waals surface area contributed by atoms with Crippen LogP contribution in [0.5, 0.6) is 0 Å². The highest BCUT2D eigenvalue weighted by atomic mass is 15.5. The summed E-state index contributed by atoms with van der Waals surface area (Å²) in [7, 11) is 0. The van der Waals surface area contributed by atoms with E-state index in [1.807, 2.05) is 47.5 Å². The van der Waals surface area contributed by atoms with E-state index in [4.69, 9.17) is 10.2 Å². The molecule has 4 nitrogen and oxygen atoms in total. The van der Waals surface area contributed by atoms with Crippen LogP contribution in [0.3, 0.4) is 0 Å². The molecule has 244 valence electrons. The van der Waals surface area contributed by atoms with Crippen LogP contribution in [-0.2, 0) is 25.8 Å². The minimum atomic E-state index is 0.788. The summed E-state index contributed by atoms with van der Waals surface area (Å²) in [5.41, 5.74) is 11.2. The second kappa shape index (κ2) is 17.4. The van der Waals surface area contributed by atoms with Gasteiger partial charge in [0.15, 0.2) is 0 Å². The van der Waals surface area contributed by atoms with Gasteiger partial charge >= 0.3 is 0 Å². The van der Waals surface area contributed by atoms with Gasteiger partial charge in [0.05, 0.1) is 23.6 Å². The largest absolute Gasteiger partial charge is 0.261 e. The summed E-state index contributed by atoms with van der Waals surface area (Å²) < 4.78 is 0. The van der Waals surface area contributed by atoms with Crippen molar-refractivity contribution < 1.29 is 0 Å². The van der Waals surface area contributed by atoms with E-state index >= 15 is 0 Å². The van der Waals surface area contributed by atoms with Gasteiger partial charge in [-0.3, -0.25) is 5.01 Å². The van der Waals surface area contributed by atoms with E-state index in [-0.39, 0.29) is 0 Å². The molecule has 0 heterocycles. The molecule has 0 N–H and O–H groups in total. The van der Waals surface area contributed by atoms with Gasteiger partial charge in [-0.15, -0.1) is 0 Å². The Kier molecular flexibility index (Phi) is 11.8. The molecule has 0 radical (unpaired) electrons. The quantitative estimate of drug-likeness (QED) is 0.110. The third kappa shape index (κ3) is 9.88. The number of fused-ring (bicyclic) bond motifs is 1. The molecule has 4 heteroatoms. The van der Waals surface area contributed by atoms with E-state index < -0.39 is 0 Å². The van der Waals surface area contributed by atoms with Gasteiger partial charge in [0, 0.05) is 17.8 Å². The van der Waals surface area contributed by atoms with Crippen LogP contribution in [0, 0.1) is 0 Å². The molecule has 6 aromatic carbocycles. The maximum Gasteiger partial charge on any atom is 0.0666 e. The average Bonchev–Trinajstić information content (AvgIpc) is 3.18. The lowest BCUT2D eigenvalue weighted by Gasteiger charge is -2.24.